The molecule has 1 amide bonds. The molecule has 18 heteroatoms. The lowest BCUT2D eigenvalue weighted by molar-refractivity contribution is -0.137. The van der Waals surface area contributed by atoms with E-state index in [0.717, 1.165) is 4.68 Å². The van der Waals surface area contributed by atoms with Crippen LogP contribution in [0.2, 0.25) is 0 Å². The fourth-order valence-electron chi connectivity index (χ4n) is 4.40. The van der Waals surface area contributed by atoms with Gasteiger partial charge in [0, 0.05) is 31.2 Å². The van der Waals surface area contributed by atoms with Gasteiger partial charge in [-0.3, -0.25) is 9.48 Å². The van der Waals surface area contributed by atoms with Crippen LogP contribution in [-0.2, 0) is 27.9 Å². The summed E-state index contributed by atoms with van der Waals surface area (Å²) in [6.45, 7) is 0.183. The molecule has 7 heterocycles. The van der Waals surface area contributed by atoms with Crippen molar-refractivity contribution in [3.63, 3.8) is 0 Å². The number of methoxy groups -OCH3 is 1. The summed E-state index contributed by atoms with van der Waals surface area (Å²) in [5.74, 6) is -4.67. The minimum atomic E-state index is -4.86. The van der Waals surface area contributed by atoms with Gasteiger partial charge in [-0.15, -0.1) is 0 Å². The SMILES string of the molecule is CCOP1Cc2ccc(c(OC)c2)Nc2ncc(C(F)(F)F)c(n2)Nc2ccc(nc2C(=O)NC)-c2cnn(c2)CC(F)(F)CO1. The Bertz CT molecular complexity index is 1720. The van der Waals surface area contributed by atoms with E-state index in [-0.39, 0.29) is 47.1 Å². The Morgan fingerprint density at radius 2 is 1.93 bits per heavy atom. The summed E-state index contributed by atoms with van der Waals surface area (Å²) >= 11 is 0. The Morgan fingerprint density at radius 3 is 2.65 bits per heavy atom. The Hall–Kier alpha value is -4.47. The van der Waals surface area contributed by atoms with E-state index in [9.17, 15) is 18.0 Å². The summed E-state index contributed by atoms with van der Waals surface area (Å²) in [7, 11) is 0.925. The predicted molar refractivity (Wildman–Crippen MR) is 159 cm³/mol. The van der Waals surface area contributed by atoms with Crippen LogP contribution in [0.1, 0.15) is 28.5 Å². The highest BCUT2D eigenvalue weighted by molar-refractivity contribution is 7.46. The van der Waals surface area contributed by atoms with Gasteiger partial charge >= 0.3 is 6.18 Å². The maximum absolute atomic E-state index is 15.0. The van der Waals surface area contributed by atoms with Crippen molar-refractivity contribution in [1.82, 2.24) is 30.0 Å². The number of rotatable bonds is 4. The Labute approximate surface area is 260 Å². The molecule has 0 aliphatic carbocycles. The Balaban J connectivity index is 1.63. The third kappa shape index (κ3) is 7.66. The molecule has 0 fully saturated rings. The zero-order chi connectivity index (χ0) is 33.1. The molecule has 4 aromatic rings. The van der Waals surface area contributed by atoms with Crippen molar-refractivity contribution in [2.24, 2.45) is 0 Å². The number of amides is 1. The van der Waals surface area contributed by atoms with E-state index >= 15 is 8.78 Å². The molecule has 8 bridgehead atoms. The highest BCUT2D eigenvalue weighted by Crippen LogP contribution is 2.45. The maximum atomic E-state index is 15.0. The monoisotopic (exact) mass is 666 g/mol. The smallest absolute Gasteiger partial charge is 0.421 e. The first kappa shape index (κ1) is 32.9. The minimum absolute atomic E-state index is 0.107. The van der Waals surface area contributed by atoms with Gasteiger partial charge in [-0.25, -0.2) is 18.7 Å². The average molecular weight is 667 g/mol. The summed E-state index contributed by atoms with van der Waals surface area (Å²) in [5.41, 5.74) is -0.199. The van der Waals surface area contributed by atoms with E-state index < -0.39 is 50.9 Å². The second-order valence-corrected chi connectivity index (χ2v) is 11.4. The number of halogens is 5. The average Bonchev–Trinajstić information content (AvgIpc) is 3.47. The lowest BCUT2D eigenvalue weighted by atomic mass is 10.1. The summed E-state index contributed by atoms with van der Waals surface area (Å²) in [6, 6.07) is 7.57. The number of aromatic nitrogens is 5. The van der Waals surface area contributed by atoms with E-state index in [4.69, 9.17) is 13.8 Å². The lowest BCUT2D eigenvalue weighted by Crippen LogP contribution is -2.29. The number of hydrogen-bond acceptors (Lipinski definition) is 10. The minimum Gasteiger partial charge on any atom is -0.495 e. The van der Waals surface area contributed by atoms with Crippen molar-refractivity contribution in [1.29, 1.82) is 0 Å². The topological polar surface area (TPSA) is 137 Å². The van der Waals surface area contributed by atoms with Crippen molar-refractivity contribution in [2.45, 2.75) is 31.7 Å². The van der Waals surface area contributed by atoms with Crippen LogP contribution in [0.3, 0.4) is 0 Å². The zero-order valence-electron chi connectivity index (χ0n) is 24.7. The number of carbonyl (C=O) groups excluding carboxylic acids is 1. The fourth-order valence-corrected chi connectivity index (χ4v) is 5.77. The van der Waals surface area contributed by atoms with Gasteiger partial charge in [-0.1, -0.05) is 6.07 Å². The third-order valence-electron chi connectivity index (χ3n) is 6.52. The first-order valence-corrected chi connectivity index (χ1v) is 15.1. The standard InChI is InChI=1S/C28H28F5N8O4P/c1-4-44-46-13-16-5-6-20(22(9-16)43-3)39-26-35-11-18(28(31,32)33)24(40-26)38-21-8-7-19(37-23(21)25(42)34-2)17-10-36-41(12-17)14-27(29,30)15-45-46/h5-12H,4,13-15H2,1-3H3,(H,34,42)(H2,35,38,39,40). The highest BCUT2D eigenvalue weighted by Gasteiger charge is 2.36. The number of alkyl halides is 5. The van der Waals surface area contributed by atoms with Crippen molar-refractivity contribution in [3.8, 4) is 17.0 Å². The molecule has 8 rings (SSSR count). The number of ether oxygens (including phenoxy) is 1. The van der Waals surface area contributed by atoms with Gasteiger partial charge in [-0.05, 0) is 36.8 Å². The molecule has 1 aromatic carbocycles. The van der Waals surface area contributed by atoms with Crippen molar-refractivity contribution >= 4 is 37.4 Å². The van der Waals surface area contributed by atoms with Crippen molar-refractivity contribution in [3.05, 3.63) is 65.7 Å². The molecule has 244 valence electrons. The van der Waals surface area contributed by atoms with E-state index in [1.54, 1.807) is 25.1 Å². The number of nitrogens with one attached hydrogen (secondary N) is 3. The molecule has 46 heavy (non-hydrogen) atoms. The van der Waals surface area contributed by atoms with Crippen LogP contribution in [-0.4, -0.2) is 63.9 Å². The van der Waals surface area contributed by atoms with Crippen LogP contribution >= 0.6 is 8.38 Å². The van der Waals surface area contributed by atoms with Gasteiger partial charge in [-0.2, -0.15) is 23.3 Å². The molecule has 1 unspecified atom stereocenters. The molecule has 4 aliphatic heterocycles. The number of pyridine rings is 1. The molecule has 0 saturated heterocycles. The van der Waals surface area contributed by atoms with Crippen LogP contribution in [0.25, 0.3) is 11.3 Å². The molecule has 0 radical (unpaired) electrons. The van der Waals surface area contributed by atoms with E-state index in [1.807, 2.05) is 0 Å². The normalized spacial score (nSPS) is 16.5. The second kappa shape index (κ2) is 13.5. The van der Waals surface area contributed by atoms with E-state index in [1.165, 1.54) is 38.7 Å². The number of hydrogen-bond donors (Lipinski definition) is 3. The van der Waals surface area contributed by atoms with Crippen LogP contribution in [0.5, 0.6) is 5.75 Å². The second-order valence-electron chi connectivity index (χ2n) is 9.87. The molecule has 3 aromatic heterocycles. The molecule has 1 atom stereocenters. The summed E-state index contributed by atoms with van der Waals surface area (Å²) in [4.78, 5) is 25.0. The van der Waals surface area contributed by atoms with E-state index in [0.29, 0.717) is 17.4 Å². The van der Waals surface area contributed by atoms with Crippen LogP contribution in [0.4, 0.5) is 45.1 Å². The summed E-state index contributed by atoms with van der Waals surface area (Å²) < 4.78 is 89.8. The molecule has 0 saturated carbocycles. The zero-order valence-corrected chi connectivity index (χ0v) is 25.5. The van der Waals surface area contributed by atoms with Gasteiger partial charge in [0.2, 0.25) is 5.95 Å². The van der Waals surface area contributed by atoms with Crippen molar-refractivity contribution in [2.75, 3.05) is 38.0 Å². The van der Waals surface area contributed by atoms with Crippen molar-refractivity contribution < 1.29 is 40.5 Å². The van der Waals surface area contributed by atoms with E-state index in [2.05, 4.69) is 36.0 Å². The van der Waals surface area contributed by atoms with Gasteiger partial charge in [0.1, 0.15) is 30.3 Å². The van der Waals surface area contributed by atoms with Crippen LogP contribution < -0.4 is 20.7 Å². The fraction of sp³-hybridized carbons (Fsp3) is 0.321. The van der Waals surface area contributed by atoms with Crippen LogP contribution in [0, 0.1) is 0 Å². The molecule has 12 nitrogen and oxygen atoms in total. The number of carbonyl (C=O) groups is 1. The Kier molecular flexibility index (Phi) is 9.65. The number of anilines is 4. The molecule has 0 spiro atoms. The highest BCUT2D eigenvalue weighted by atomic mass is 31.2. The summed E-state index contributed by atoms with van der Waals surface area (Å²) in [6.07, 6.45) is -1.50. The lowest BCUT2D eigenvalue weighted by Gasteiger charge is -2.22. The maximum Gasteiger partial charge on any atom is 0.421 e. The van der Waals surface area contributed by atoms with Gasteiger partial charge < -0.3 is 29.7 Å². The quantitative estimate of drug-likeness (QED) is 0.173. The number of benzene rings is 1. The first-order valence-electron chi connectivity index (χ1n) is 13.7. The molecular weight excluding hydrogens is 638 g/mol. The number of nitrogens with zero attached hydrogens (tertiary/aromatic N) is 5. The van der Waals surface area contributed by atoms with Gasteiger partial charge in [0.05, 0.1) is 37.0 Å². The summed E-state index contributed by atoms with van der Waals surface area (Å²) in [5, 5.41) is 11.8. The molecule has 4 aliphatic rings. The predicted octanol–water partition coefficient (Wildman–Crippen LogP) is 6.12. The van der Waals surface area contributed by atoms with Gasteiger partial charge in [0.25, 0.3) is 11.8 Å². The van der Waals surface area contributed by atoms with Crippen LogP contribution in [0.15, 0.2) is 48.9 Å². The largest absolute Gasteiger partial charge is 0.495 e. The first-order chi connectivity index (χ1) is 21.9. The molecule has 3 N–H and O–H groups in total. The molecular formula is C28H28F5N8O4P. The Morgan fingerprint density at radius 1 is 1.15 bits per heavy atom. The third-order valence-corrected chi connectivity index (χ3v) is 8.11. The van der Waals surface area contributed by atoms with Gasteiger partial charge in [0.15, 0.2) is 14.1 Å².